The molecule has 5 nitrogen and oxygen atoms in total. The number of aliphatic carboxylic acids is 1. The quantitative estimate of drug-likeness (QED) is 0.114. The van der Waals surface area contributed by atoms with Crippen molar-refractivity contribution in [3.8, 4) is 0 Å². The van der Waals surface area contributed by atoms with Crippen LogP contribution >= 0.6 is 0 Å². The van der Waals surface area contributed by atoms with Crippen molar-refractivity contribution in [1.82, 2.24) is 0 Å². The van der Waals surface area contributed by atoms with E-state index in [0.717, 1.165) is 32.1 Å². The molecule has 0 heterocycles. The van der Waals surface area contributed by atoms with Crippen LogP contribution in [0, 0.1) is 0 Å². The number of carbonyl (C=O) groups is 1. The van der Waals surface area contributed by atoms with Crippen LogP contribution in [0.3, 0.4) is 0 Å². The maximum absolute atomic E-state index is 10.6. The van der Waals surface area contributed by atoms with Crippen LogP contribution in [-0.4, -0.2) is 43.1 Å². The second-order valence-electron chi connectivity index (χ2n) is 10.4. The van der Waals surface area contributed by atoms with Crippen LogP contribution in [0.25, 0.3) is 0 Å². The first-order valence-electron chi connectivity index (χ1n) is 15.2. The molecule has 0 radical (unpaired) electrons. The third-order valence-electron chi connectivity index (χ3n) is 6.82. The van der Waals surface area contributed by atoms with Crippen LogP contribution in [0.2, 0.25) is 0 Å². The molecule has 0 saturated carbocycles. The Labute approximate surface area is 266 Å². The Morgan fingerprint density at radius 2 is 1.03 bits per heavy atom. The monoisotopic (exact) mass is 538 g/mol. The van der Waals surface area contributed by atoms with Gasteiger partial charge in [0.25, 0.3) is 0 Å². The number of rotatable bonds is 29. The molecule has 1 N–H and O–H groups in total. The topological polar surface area (TPSA) is 78.8 Å². The maximum atomic E-state index is 10.6. The van der Waals surface area contributed by atoms with Crippen LogP contribution < -0.4 is 56.5 Å². The predicted octanol–water partition coefficient (Wildman–Crippen LogP) is 4.13. The normalized spacial score (nSPS) is 12.9. The summed E-state index contributed by atoms with van der Waals surface area (Å²) in [6, 6.07) is 0. The van der Waals surface area contributed by atoms with Crippen molar-refractivity contribution in [1.29, 1.82) is 0 Å². The summed E-state index contributed by atoms with van der Waals surface area (Å²) >= 11 is 0. The molecule has 0 aliphatic heterocycles. The van der Waals surface area contributed by atoms with E-state index < -0.39 is 18.7 Å². The fourth-order valence-corrected chi connectivity index (χ4v) is 4.55. The fourth-order valence-electron chi connectivity index (χ4n) is 4.55. The number of aliphatic hydroxyl groups excluding tert-OH is 1. The van der Waals surface area contributed by atoms with Gasteiger partial charge in [-0.2, -0.15) is 0 Å². The molecule has 2 atom stereocenters. The first-order chi connectivity index (χ1) is 17.1. The van der Waals surface area contributed by atoms with Gasteiger partial charge in [-0.05, 0) is 12.8 Å². The zero-order chi connectivity index (χ0) is 25.8. The van der Waals surface area contributed by atoms with E-state index >= 15 is 0 Å². The molecule has 0 aromatic heterocycles. The van der Waals surface area contributed by atoms with E-state index in [0.29, 0.717) is 6.61 Å². The maximum Gasteiger partial charge on any atom is 1.00 e. The summed E-state index contributed by atoms with van der Waals surface area (Å²) in [7, 11) is 0. The van der Waals surface area contributed by atoms with Crippen LogP contribution in [0.15, 0.2) is 0 Å². The molecule has 0 aromatic carbocycles. The average molecular weight is 539 g/mol. The van der Waals surface area contributed by atoms with Gasteiger partial charge in [-0.3, -0.25) is 0 Å². The molecule has 0 saturated heterocycles. The van der Waals surface area contributed by atoms with E-state index in [-0.39, 0.29) is 64.1 Å². The van der Waals surface area contributed by atoms with Gasteiger partial charge in [0.05, 0.1) is 38.0 Å². The molecule has 0 rings (SSSR count). The summed E-state index contributed by atoms with van der Waals surface area (Å²) in [5, 5.41) is 21.0. The average Bonchev–Trinajstić information content (AvgIpc) is 2.84. The fraction of sp³-hybridized carbons (Fsp3) is 0.967. The summed E-state index contributed by atoms with van der Waals surface area (Å²) in [6.07, 6.45) is 26.6. The summed E-state index contributed by atoms with van der Waals surface area (Å²) in [4.78, 5) is 10.6. The van der Waals surface area contributed by atoms with Crippen molar-refractivity contribution in [2.75, 3.05) is 19.8 Å². The molecular formula is C30H59KO5. The van der Waals surface area contributed by atoms with E-state index in [9.17, 15) is 15.0 Å². The molecule has 2 unspecified atom stereocenters. The van der Waals surface area contributed by atoms with E-state index in [1.54, 1.807) is 0 Å². The van der Waals surface area contributed by atoms with Crippen molar-refractivity contribution in [2.24, 2.45) is 0 Å². The molecule has 0 fully saturated rings. The number of unbranched alkanes of at least 4 members (excludes halogenated alkanes) is 18. The summed E-state index contributed by atoms with van der Waals surface area (Å²) in [5.41, 5.74) is 0. The molecular weight excluding hydrogens is 479 g/mol. The third-order valence-corrected chi connectivity index (χ3v) is 6.82. The van der Waals surface area contributed by atoms with E-state index in [1.807, 2.05) is 0 Å². The first-order valence-corrected chi connectivity index (χ1v) is 15.2. The van der Waals surface area contributed by atoms with Crippen molar-refractivity contribution in [2.45, 2.75) is 167 Å². The smallest absolute Gasteiger partial charge is 0.548 e. The molecule has 0 bridgehead atoms. The van der Waals surface area contributed by atoms with Crippen molar-refractivity contribution in [3.63, 3.8) is 0 Å². The molecule has 0 amide bonds. The van der Waals surface area contributed by atoms with Gasteiger partial charge in [0.2, 0.25) is 0 Å². The number of carboxylic acids is 1. The Bertz CT molecular complexity index is 436. The molecule has 36 heavy (non-hydrogen) atoms. The molecule has 6 heteroatoms. The molecule has 0 aliphatic carbocycles. The number of carbonyl (C=O) groups excluding carboxylic acids is 1. The number of hydrogen-bond acceptors (Lipinski definition) is 5. The van der Waals surface area contributed by atoms with Crippen LogP contribution in [0.4, 0.5) is 0 Å². The number of carboxylic acid groups (broad SMARTS) is 1. The van der Waals surface area contributed by atoms with E-state index in [4.69, 9.17) is 9.47 Å². The van der Waals surface area contributed by atoms with E-state index in [1.165, 1.54) is 109 Å². The first kappa shape index (κ1) is 39.1. The Balaban J connectivity index is 0. The van der Waals surface area contributed by atoms with Gasteiger partial charge in [0, 0.05) is 0 Å². The Hall–Kier alpha value is 0.986. The Kier molecular flexibility index (Phi) is 35.0. The summed E-state index contributed by atoms with van der Waals surface area (Å²) < 4.78 is 11.2. The zero-order valence-electron chi connectivity index (χ0n) is 24.4. The van der Waals surface area contributed by atoms with Gasteiger partial charge >= 0.3 is 51.4 Å². The third kappa shape index (κ3) is 31.2. The second kappa shape index (κ2) is 32.2. The molecule has 0 aliphatic rings. The molecule has 0 spiro atoms. The summed E-state index contributed by atoms with van der Waals surface area (Å²) in [6.45, 7) is 4.65. The minimum Gasteiger partial charge on any atom is -0.548 e. The second-order valence-corrected chi connectivity index (χ2v) is 10.4. The van der Waals surface area contributed by atoms with Crippen molar-refractivity contribution < 1.29 is 75.9 Å². The Morgan fingerprint density at radius 3 is 1.44 bits per heavy atom. The van der Waals surface area contributed by atoms with Crippen LogP contribution in [0.5, 0.6) is 0 Å². The largest absolute Gasteiger partial charge is 1.00 e. The van der Waals surface area contributed by atoms with Crippen LogP contribution in [0.1, 0.15) is 155 Å². The van der Waals surface area contributed by atoms with Crippen LogP contribution in [-0.2, 0) is 14.3 Å². The van der Waals surface area contributed by atoms with Gasteiger partial charge in [0.15, 0.2) is 0 Å². The SMILES string of the molecule is CCCCCCCCCCCCC(O)COC(CCCCCCCCCCCC)COCC(=O)[O-].[K+]. The van der Waals surface area contributed by atoms with Crippen molar-refractivity contribution in [3.05, 3.63) is 0 Å². The van der Waals surface area contributed by atoms with Gasteiger partial charge in [0.1, 0.15) is 0 Å². The van der Waals surface area contributed by atoms with E-state index in [2.05, 4.69) is 13.8 Å². The van der Waals surface area contributed by atoms with Crippen molar-refractivity contribution >= 4 is 5.97 Å². The number of aliphatic hydroxyl groups is 1. The number of ether oxygens (including phenoxy) is 2. The minimum atomic E-state index is -1.20. The molecule has 210 valence electrons. The zero-order valence-corrected chi connectivity index (χ0v) is 27.5. The number of hydrogen-bond donors (Lipinski definition) is 1. The van der Waals surface area contributed by atoms with Gasteiger partial charge in [-0.25, -0.2) is 0 Å². The Morgan fingerprint density at radius 1 is 0.639 bits per heavy atom. The predicted molar refractivity (Wildman–Crippen MR) is 144 cm³/mol. The minimum absolute atomic E-state index is 0. The van der Waals surface area contributed by atoms with Gasteiger partial charge < -0.3 is 24.5 Å². The van der Waals surface area contributed by atoms with Gasteiger partial charge in [-0.15, -0.1) is 0 Å². The van der Waals surface area contributed by atoms with Gasteiger partial charge in [-0.1, -0.05) is 142 Å². The summed E-state index contributed by atoms with van der Waals surface area (Å²) in [5.74, 6) is -1.20. The molecule has 0 aromatic rings. The standard InChI is InChI=1S/C30H60O5.K/c1-3-5-7-9-11-13-15-17-19-21-23-28(31)25-35-29(26-34-27-30(32)33)24-22-20-18-16-14-12-10-8-6-4-2;/h28-29,31H,3-27H2,1-2H3,(H,32,33);/q;+1/p-1.